The summed E-state index contributed by atoms with van der Waals surface area (Å²) in [5.41, 5.74) is 4.92. The fraction of sp³-hybridized carbons (Fsp3) is 0.222. The second-order valence-electron chi connectivity index (χ2n) is 8.73. The van der Waals surface area contributed by atoms with Gasteiger partial charge in [0.1, 0.15) is 11.8 Å². The van der Waals surface area contributed by atoms with E-state index in [-0.39, 0.29) is 12.3 Å². The van der Waals surface area contributed by atoms with Crippen LogP contribution in [0.5, 0.6) is 5.75 Å². The third-order valence-corrected chi connectivity index (χ3v) is 6.57. The highest BCUT2D eigenvalue weighted by atomic mass is 16.5. The number of ether oxygens (including phenoxy) is 1. The van der Waals surface area contributed by atoms with Gasteiger partial charge in [-0.25, -0.2) is 4.79 Å². The first-order valence-electron chi connectivity index (χ1n) is 11.4. The van der Waals surface area contributed by atoms with E-state index in [1.165, 1.54) is 0 Å². The normalized spacial score (nSPS) is 15.6. The molecule has 3 heterocycles. The molecule has 1 aliphatic rings. The van der Waals surface area contributed by atoms with Gasteiger partial charge in [-0.05, 0) is 55.8 Å². The number of nitrogens with zero attached hydrogens (tertiary/aromatic N) is 2. The van der Waals surface area contributed by atoms with E-state index in [2.05, 4.69) is 10.3 Å². The maximum Gasteiger partial charge on any atom is 0.325 e. The van der Waals surface area contributed by atoms with Crippen molar-refractivity contribution in [3.05, 3.63) is 83.3 Å². The summed E-state index contributed by atoms with van der Waals surface area (Å²) >= 11 is 0. The van der Waals surface area contributed by atoms with Gasteiger partial charge in [-0.15, -0.1) is 0 Å². The molecule has 8 nitrogen and oxygen atoms in total. The number of amides is 3. The van der Waals surface area contributed by atoms with Crippen LogP contribution in [0.4, 0.5) is 4.79 Å². The van der Waals surface area contributed by atoms with Crippen LogP contribution in [-0.2, 0) is 11.2 Å². The average Bonchev–Trinajstić information content (AvgIpc) is 3.49. The van der Waals surface area contributed by atoms with Crippen molar-refractivity contribution in [1.82, 2.24) is 19.8 Å². The van der Waals surface area contributed by atoms with Crippen molar-refractivity contribution in [3.8, 4) is 11.4 Å². The summed E-state index contributed by atoms with van der Waals surface area (Å²) in [6, 6.07) is 15.9. The molecular weight excluding hydrogens is 444 g/mol. The Bertz CT molecular complexity index is 1450. The van der Waals surface area contributed by atoms with Gasteiger partial charge in [0, 0.05) is 46.2 Å². The third kappa shape index (κ3) is 3.97. The van der Waals surface area contributed by atoms with E-state index in [1.54, 1.807) is 13.2 Å². The largest absolute Gasteiger partial charge is 0.497 e. The van der Waals surface area contributed by atoms with Crippen molar-refractivity contribution in [2.75, 3.05) is 13.7 Å². The Hall–Kier alpha value is -4.33. The van der Waals surface area contributed by atoms with Crippen molar-refractivity contribution in [3.63, 3.8) is 0 Å². The monoisotopic (exact) mass is 470 g/mol. The number of H-pyrrole nitrogens is 1. The number of Topliss-reactive ketones (excluding diaryl/α,β-unsaturated/α-hetero) is 1. The van der Waals surface area contributed by atoms with Gasteiger partial charge in [0.05, 0.1) is 13.7 Å². The lowest BCUT2D eigenvalue weighted by Gasteiger charge is -2.13. The third-order valence-electron chi connectivity index (χ3n) is 6.57. The van der Waals surface area contributed by atoms with Gasteiger partial charge in [-0.2, -0.15) is 0 Å². The van der Waals surface area contributed by atoms with Gasteiger partial charge in [0.25, 0.3) is 5.91 Å². The molecular formula is C27H26N4O4. The Morgan fingerprint density at radius 3 is 2.54 bits per heavy atom. The molecule has 1 aliphatic heterocycles. The van der Waals surface area contributed by atoms with Crippen molar-refractivity contribution in [1.29, 1.82) is 0 Å². The Balaban J connectivity index is 1.33. The van der Waals surface area contributed by atoms with Crippen LogP contribution in [0.25, 0.3) is 16.6 Å². The number of ketones is 1. The molecule has 3 amide bonds. The number of aryl methyl sites for hydroxylation is 1. The van der Waals surface area contributed by atoms with Crippen LogP contribution >= 0.6 is 0 Å². The number of urea groups is 1. The molecule has 35 heavy (non-hydrogen) atoms. The fourth-order valence-corrected chi connectivity index (χ4v) is 4.79. The van der Waals surface area contributed by atoms with Crippen LogP contribution in [-0.4, -0.2) is 51.9 Å². The number of methoxy groups -OCH3 is 1. The Labute approximate surface area is 202 Å². The van der Waals surface area contributed by atoms with Crippen LogP contribution in [0.15, 0.2) is 60.8 Å². The van der Waals surface area contributed by atoms with E-state index in [0.717, 1.165) is 44.2 Å². The minimum Gasteiger partial charge on any atom is -0.497 e. The highest BCUT2D eigenvalue weighted by Crippen LogP contribution is 2.25. The first-order chi connectivity index (χ1) is 16.9. The first-order valence-corrected chi connectivity index (χ1v) is 11.4. The quantitative estimate of drug-likeness (QED) is 0.316. The van der Waals surface area contributed by atoms with Crippen LogP contribution < -0.4 is 10.1 Å². The number of nitrogens with one attached hydrogen (secondary N) is 2. The Morgan fingerprint density at radius 1 is 1.06 bits per heavy atom. The summed E-state index contributed by atoms with van der Waals surface area (Å²) in [6.07, 6.45) is 2.21. The molecule has 1 saturated heterocycles. The smallest absolute Gasteiger partial charge is 0.325 e. The van der Waals surface area contributed by atoms with Gasteiger partial charge in [0.2, 0.25) is 0 Å². The number of imide groups is 1. The molecule has 0 unspecified atom stereocenters. The van der Waals surface area contributed by atoms with Crippen molar-refractivity contribution in [2.24, 2.45) is 0 Å². The first kappa shape index (κ1) is 22.5. The number of benzene rings is 2. The zero-order chi connectivity index (χ0) is 24.7. The van der Waals surface area contributed by atoms with E-state index in [9.17, 15) is 14.4 Å². The van der Waals surface area contributed by atoms with Crippen LogP contribution in [0.3, 0.4) is 0 Å². The number of aromatic amines is 1. The second kappa shape index (κ2) is 8.79. The predicted octanol–water partition coefficient (Wildman–Crippen LogP) is 3.93. The number of aromatic nitrogens is 2. The molecule has 178 valence electrons. The Kier molecular flexibility index (Phi) is 5.64. The molecule has 2 N–H and O–H groups in total. The van der Waals surface area contributed by atoms with Crippen molar-refractivity contribution < 1.29 is 19.1 Å². The number of para-hydroxylation sites is 1. The zero-order valence-electron chi connectivity index (χ0n) is 19.8. The summed E-state index contributed by atoms with van der Waals surface area (Å²) in [4.78, 5) is 43.1. The van der Waals surface area contributed by atoms with E-state index in [0.29, 0.717) is 12.0 Å². The number of hydrogen-bond acceptors (Lipinski definition) is 4. The maximum absolute atomic E-state index is 13.2. The molecule has 1 atom stereocenters. The number of carbonyl (C=O) groups excluding carboxylic acids is 3. The Morgan fingerprint density at radius 2 is 1.80 bits per heavy atom. The number of fused-ring (bicyclic) bond motifs is 1. The summed E-state index contributed by atoms with van der Waals surface area (Å²) in [7, 11) is 1.61. The maximum atomic E-state index is 13.2. The van der Waals surface area contributed by atoms with Crippen LogP contribution in [0, 0.1) is 13.8 Å². The topological polar surface area (TPSA) is 96.4 Å². The molecule has 2 aromatic heterocycles. The van der Waals surface area contributed by atoms with E-state index >= 15 is 0 Å². The number of carbonyl (C=O) groups is 3. The minimum absolute atomic E-state index is 0.283. The van der Waals surface area contributed by atoms with E-state index in [4.69, 9.17) is 4.74 Å². The van der Waals surface area contributed by atoms with E-state index in [1.807, 2.05) is 73.1 Å². The summed E-state index contributed by atoms with van der Waals surface area (Å²) < 4.78 is 7.20. The number of hydrogen-bond donors (Lipinski definition) is 2. The summed E-state index contributed by atoms with van der Waals surface area (Å²) in [6.45, 7) is 3.47. The highest BCUT2D eigenvalue weighted by molar-refractivity contribution is 6.09. The molecule has 0 aliphatic carbocycles. The summed E-state index contributed by atoms with van der Waals surface area (Å²) in [5, 5.41) is 3.74. The van der Waals surface area contributed by atoms with Crippen LogP contribution in [0.2, 0.25) is 0 Å². The molecule has 2 aromatic carbocycles. The predicted molar refractivity (Wildman–Crippen MR) is 132 cm³/mol. The molecule has 0 bridgehead atoms. The van der Waals surface area contributed by atoms with Gasteiger partial charge in [0.15, 0.2) is 5.78 Å². The highest BCUT2D eigenvalue weighted by Gasteiger charge is 2.39. The molecule has 0 saturated carbocycles. The van der Waals surface area contributed by atoms with E-state index < -0.39 is 18.0 Å². The molecule has 0 radical (unpaired) electrons. The van der Waals surface area contributed by atoms with Crippen molar-refractivity contribution >= 4 is 28.6 Å². The molecule has 4 aromatic rings. The minimum atomic E-state index is -0.707. The lowest BCUT2D eigenvalue weighted by atomic mass is 10.0. The van der Waals surface area contributed by atoms with Gasteiger partial charge >= 0.3 is 6.03 Å². The molecule has 0 spiro atoms. The van der Waals surface area contributed by atoms with Gasteiger partial charge < -0.3 is 19.6 Å². The summed E-state index contributed by atoms with van der Waals surface area (Å²) in [5.74, 6) is 0.0694. The lowest BCUT2D eigenvalue weighted by Crippen LogP contribution is -2.36. The standard InChI is InChI=1S/C27H26N4O4/c1-16-12-22(17(2)31(16)19-8-10-20(35-3)11-9-19)25(32)15-30-26(33)24(29-27(30)34)13-18-14-28-23-7-5-4-6-21(18)23/h4-12,14,24,28H,13,15H2,1-3H3,(H,29,34)/t24-/m1/s1. The number of rotatable bonds is 7. The fourth-order valence-electron chi connectivity index (χ4n) is 4.79. The average molecular weight is 471 g/mol. The van der Waals surface area contributed by atoms with Crippen molar-refractivity contribution in [2.45, 2.75) is 26.3 Å². The molecule has 5 rings (SSSR count). The zero-order valence-corrected chi connectivity index (χ0v) is 19.8. The molecule has 1 fully saturated rings. The van der Waals surface area contributed by atoms with Gasteiger partial charge in [-0.3, -0.25) is 14.5 Å². The SMILES string of the molecule is COc1ccc(-n2c(C)cc(C(=O)CN3C(=O)N[C@H](Cc4c[nH]c5ccccc45)C3=O)c2C)cc1. The van der Waals surface area contributed by atoms with Crippen LogP contribution in [0.1, 0.15) is 27.3 Å². The molecule has 8 heteroatoms. The second-order valence-corrected chi connectivity index (χ2v) is 8.73. The lowest BCUT2D eigenvalue weighted by molar-refractivity contribution is -0.127. The van der Waals surface area contributed by atoms with Gasteiger partial charge in [-0.1, -0.05) is 18.2 Å².